The maximum absolute atomic E-state index is 3.57. The highest BCUT2D eigenvalue weighted by molar-refractivity contribution is 5.44. The molecule has 0 radical (unpaired) electrons. The lowest BCUT2D eigenvalue weighted by Crippen LogP contribution is -2.37. The minimum atomic E-state index is 0.886. The van der Waals surface area contributed by atoms with Gasteiger partial charge in [-0.05, 0) is 57.2 Å². The fourth-order valence-corrected chi connectivity index (χ4v) is 4.02. The molecule has 110 valence electrons. The van der Waals surface area contributed by atoms with Crippen LogP contribution in [-0.2, 0) is 0 Å². The topological polar surface area (TPSA) is 15.3 Å². The van der Waals surface area contributed by atoms with E-state index in [9.17, 15) is 0 Å². The fraction of sp³-hybridized carbons (Fsp3) is 0.667. The number of anilines is 1. The summed E-state index contributed by atoms with van der Waals surface area (Å²) >= 11 is 0. The molecule has 1 aliphatic carbocycles. The van der Waals surface area contributed by atoms with Crippen molar-refractivity contribution in [3.63, 3.8) is 0 Å². The van der Waals surface area contributed by atoms with Crippen LogP contribution in [0.2, 0.25) is 0 Å². The van der Waals surface area contributed by atoms with Gasteiger partial charge in [0.15, 0.2) is 0 Å². The highest BCUT2D eigenvalue weighted by Crippen LogP contribution is 2.35. The second-order valence-electron chi connectivity index (χ2n) is 6.58. The van der Waals surface area contributed by atoms with Crippen LogP contribution < -0.4 is 5.32 Å². The summed E-state index contributed by atoms with van der Waals surface area (Å²) in [5.41, 5.74) is 2.59. The summed E-state index contributed by atoms with van der Waals surface area (Å²) in [7, 11) is 0. The van der Waals surface area contributed by atoms with Crippen molar-refractivity contribution in [3.05, 3.63) is 29.8 Å². The van der Waals surface area contributed by atoms with Crippen LogP contribution in [-0.4, -0.2) is 30.6 Å². The van der Waals surface area contributed by atoms with Gasteiger partial charge in [0, 0.05) is 24.8 Å². The summed E-state index contributed by atoms with van der Waals surface area (Å²) in [6, 6.07) is 9.62. The number of benzene rings is 1. The Hall–Kier alpha value is -1.02. The van der Waals surface area contributed by atoms with Gasteiger partial charge in [0.05, 0.1) is 0 Å². The maximum atomic E-state index is 3.57. The van der Waals surface area contributed by atoms with Crippen LogP contribution in [0, 0.1) is 12.8 Å². The molecule has 1 N–H and O–H groups in total. The molecule has 1 atom stereocenters. The Kier molecular flexibility index (Phi) is 4.62. The summed E-state index contributed by atoms with van der Waals surface area (Å²) < 4.78 is 0. The summed E-state index contributed by atoms with van der Waals surface area (Å²) in [6.45, 7) is 5.73. The Balaban J connectivity index is 1.46. The molecule has 2 nitrogen and oxygen atoms in total. The first-order valence-electron chi connectivity index (χ1n) is 8.37. The molecule has 1 unspecified atom stereocenters. The number of rotatable bonds is 5. The van der Waals surface area contributed by atoms with E-state index in [1.54, 1.807) is 0 Å². The zero-order chi connectivity index (χ0) is 13.8. The molecule has 1 saturated carbocycles. The second-order valence-corrected chi connectivity index (χ2v) is 6.58. The van der Waals surface area contributed by atoms with Crippen molar-refractivity contribution in [2.24, 2.45) is 5.92 Å². The van der Waals surface area contributed by atoms with Gasteiger partial charge in [-0.2, -0.15) is 0 Å². The number of hydrogen-bond acceptors (Lipinski definition) is 2. The zero-order valence-corrected chi connectivity index (χ0v) is 12.8. The molecule has 1 aliphatic heterocycles. The number of likely N-dealkylation sites (tertiary alicyclic amines) is 1. The third-order valence-corrected chi connectivity index (χ3v) is 5.14. The number of nitrogens with zero attached hydrogens (tertiary/aromatic N) is 1. The molecule has 1 aromatic carbocycles. The van der Waals surface area contributed by atoms with Crippen molar-refractivity contribution in [1.82, 2.24) is 4.90 Å². The number of aryl methyl sites for hydroxylation is 1. The van der Waals surface area contributed by atoms with Crippen molar-refractivity contribution in [3.8, 4) is 0 Å². The first-order valence-corrected chi connectivity index (χ1v) is 8.37. The predicted octanol–water partition coefficient (Wildman–Crippen LogP) is 4.06. The SMILES string of the molecule is Cc1ccc(NCCN2CCCC2C2CCCC2)cc1. The second kappa shape index (κ2) is 6.62. The van der Waals surface area contributed by atoms with Crippen LogP contribution >= 0.6 is 0 Å². The molecule has 1 aromatic rings. The fourth-order valence-electron chi connectivity index (χ4n) is 4.02. The third-order valence-electron chi connectivity index (χ3n) is 5.14. The molecule has 1 saturated heterocycles. The van der Waals surface area contributed by atoms with Crippen molar-refractivity contribution < 1.29 is 0 Å². The monoisotopic (exact) mass is 272 g/mol. The molecule has 2 aliphatic rings. The van der Waals surface area contributed by atoms with E-state index in [1.165, 1.54) is 62.9 Å². The molecule has 0 amide bonds. The smallest absolute Gasteiger partial charge is 0.0340 e. The quantitative estimate of drug-likeness (QED) is 0.869. The van der Waals surface area contributed by atoms with Gasteiger partial charge in [-0.25, -0.2) is 0 Å². The Morgan fingerprint density at radius 3 is 2.55 bits per heavy atom. The average molecular weight is 272 g/mol. The highest BCUT2D eigenvalue weighted by Gasteiger charge is 2.32. The van der Waals surface area contributed by atoms with Crippen LogP contribution in [0.1, 0.15) is 44.1 Å². The summed E-state index contributed by atoms with van der Waals surface area (Å²) in [5, 5.41) is 3.57. The Bertz CT molecular complexity index is 406. The Morgan fingerprint density at radius 1 is 1.05 bits per heavy atom. The standard InChI is InChI=1S/C18H28N2/c1-15-8-10-17(11-9-15)19-12-14-20-13-4-7-18(20)16-5-2-3-6-16/h8-11,16,18-19H,2-7,12-14H2,1H3. The van der Waals surface area contributed by atoms with E-state index in [0.29, 0.717) is 0 Å². The van der Waals surface area contributed by atoms with Crippen molar-refractivity contribution in [2.75, 3.05) is 25.0 Å². The van der Waals surface area contributed by atoms with E-state index in [4.69, 9.17) is 0 Å². The average Bonchev–Trinajstić information content (AvgIpc) is 3.11. The molecule has 1 heterocycles. The van der Waals surface area contributed by atoms with E-state index in [2.05, 4.69) is 41.4 Å². The maximum Gasteiger partial charge on any atom is 0.0340 e. The van der Waals surface area contributed by atoms with Crippen LogP contribution in [0.4, 0.5) is 5.69 Å². The number of hydrogen-bond donors (Lipinski definition) is 1. The van der Waals surface area contributed by atoms with Gasteiger partial charge in [-0.1, -0.05) is 30.5 Å². The van der Waals surface area contributed by atoms with Gasteiger partial charge in [0.25, 0.3) is 0 Å². The first kappa shape index (κ1) is 13.9. The normalized spacial score (nSPS) is 24.4. The van der Waals surface area contributed by atoms with Crippen LogP contribution in [0.3, 0.4) is 0 Å². The minimum absolute atomic E-state index is 0.886. The van der Waals surface area contributed by atoms with Crippen molar-refractivity contribution >= 4 is 5.69 Å². The largest absolute Gasteiger partial charge is 0.384 e. The lowest BCUT2D eigenvalue weighted by Gasteiger charge is -2.29. The molecule has 0 spiro atoms. The van der Waals surface area contributed by atoms with E-state index in [1.807, 2.05) is 0 Å². The summed E-state index contributed by atoms with van der Waals surface area (Å²) in [6.07, 6.45) is 8.74. The van der Waals surface area contributed by atoms with Crippen LogP contribution in [0.25, 0.3) is 0 Å². The summed E-state index contributed by atoms with van der Waals surface area (Å²) in [5.74, 6) is 0.997. The number of nitrogens with one attached hydrogen (secondary N) is 1. The molecule has 2 fully saturated rings. The molecule has 2 heteroatoms. The van der Waals surface area contributed by atoms with E-state index in [0.717, 1.165) is 18.5 Å². The van der Waals surface area contributed by atoms with Gasteiger partial charge >= 0.3 is 0 Å². The molecular formula is C18H28N2. The first-order chi connectivity index (χ1) is 9.83. The summed E-state index contributed by atoms with van der Waals surface area (Å²) in [4.78, 5) is 2.75. The van der Waals surface area contributed by atoms with Crippen LogP contribution in [0.5, 0.6) is 0 Å². The molecule has 20 heavy (non-hydrogen) atoms. The van der Waals surface area contributed by atoms with Crippen LogP contribution in [0.15, 0.2) is 24.3 Å². The lowest BCUT2D eigenvalue weighted by atomic mass is 9.96. The third kappa shape index (κ3) is 3.35. The van der Waals surface area contributed by atoms with Gasteiger partial charge in [-0.3, -0.25) is 4.90 Å². The lowest BCUT2D eigenvalue weighted by molar-refractivity contribution is 0.197. The van der Waals surface area contributed by atoms with E-state index < -0.39 is 0 Å². The van der Waals surface area contributed by atoms with Crippen molar-refractivity contribution in [2.45, 2.75) is 51.5 Å². The van der Waals surface area contributed by atoms with Gasteiger partial charge < -0.3 is 5.32 Å². The van der Waals surface area contributed by atoms with Gasteiger partial charge in [0.1, 0.15) is 0 Å². The zero-order valence-electron chi connectivity index (χ0n) is 12.8. The Labute approximate surface area is 123 Å². The molecule has 0 aromatic heterocycles. The van der Waals surface area contributed by atoms with E-state index in [-0.39, 0.29) is 0 Å². The van der Waals surface area contributed by atoms with Gasteiger partial charge in [-0.15, -0.1) is 0 Å². The van der Waals surface area contributed by atoms with Gasteiger partial charge in [0.2, 0.25) is 0 Å². The Morgan fingerprint density at radius 2 is 1.80 bits per heavy atom. The molecular weight excluding hydrogens is 244 g/mol. The van der Waals surface area contributed by atoms with Crippen molar-refractivity contribution in [1.29, 1.82) is 0 Å². The minimum Gasteiger partial charge on any atom is -0.384 e. The predicted molar refractivity (Wildman–Crippen MR) is 86.2 cm³/mol. The van der Waals surface area contributed by atoms with E-state index >= 15 is 0 Å². The molecule has 0 bridgehead atoms. The molecule has 3 rings (SSSR count). The highest BCUT2D eigenvalue weighted by atomic mass is 15.2.